The molecule has 2 heterocycles. The smallest absolute Gasteiger partial charge is 0.367 e. The van der Waals surface area contributed by atoms with E-state index in [9.17, 15) is 18.0 Å². The summed E-state index contributed by atoms with van der Waals surface area (Å²) < 4.78 is 42.7. The van der Waals surface area contributed by atoms with Crippen molar-refractivity contribution in [1.82, 2.24) is 19.9 Å². The molecule has 9 heteroatoms. The van der Waals surface area contributed by atoms with Crippen LogP contribution in [-0.2, 0) is 17.9 Å². The van der Waals surface area contributed by atoms with Crippen LogP contribution < -0.4 is 5.32 Å². The topological polar surface area (TPSA) is 69.0 Å². The minimum atomic E-state index is -4.36. The summed E-state index contributed by atoms with van der Waals surface area (Å²) in [6.45, 7) is 0.698. The number of imidazole rings is 1. The maximum Gasteiger partial charge on any atom is 0.411 e. The van der Waals surface area contributed by atoms with Crippen LogP contribution in [0, 0.1) is 6.92 Å². The summed E-state index contributed by atoms with van der Waals surface area (Å²) in [6.07, 6.45) is 0.790. The lowest BCUT2D eigenvalue weighted by Crippen LogP contribution is -2.23. The molecule has 0 fully saturated rings. The summed E-state index contributed by atoms with van der Waals surface area (Å²) in [5.41, 5.74) is 1.83. The lowest BCUT2D eigenvalue weighted by molar-refractivity contribution is -0.176. The third-order valence-electron chi connectivity index (χ3n) is 4.09. The summed E-state index contributed by atoms with van der Waals surface area (Å²) in [5.74, 6) is 1.22. The van der Waals surface area contributed by atoms with Crippen molar-refractivity contribution in [2.45, 2.75) is 26.3 Å². The Morgan fingerprint density at radius 3 is 2.52 bits per heavy atom. The first-order valence-corrected chi connectivity index (χ1v) is 8.79. The number of benzene rings is 1. The van der Waals surface area contributed by atoms with Gasteiger partial charge in [-0.2, -0.15) is 13.2 Å². The highest BCUT2D eigenvalue weighted by Crippen LogP contribution is 2.16. The fraction of sp³-hybridized carbons (Fsp3) is 0.250. The lowest BCUT2D eigenvalue weighted by atomic mass is 10.1. The molecule has 0 radical (unpaired) electrons. The molecule has 1 amide bonds. The van der Waals surface area contributed by atoms with Gasteiger partial charge in [-0.05, 0) is 42.3 Å². The second kappa shape index (κ2) is 8.87. The van der Waals surface area contributed by atoms with Gasteiger partial charge in [-0.15, -0.1) is 0 Å². The number of aromatic nitrogens is 3. The molecule has 0 aliphatic carbocycles. The van der Waals surface area contributed by atoms with E-state index in [0.717, 1.165) is 11.4 Å². The van der Waals surface area contributed by atoms with Crippen molar-refractivity contribution in [1.29, 1.82) is 0 Å². The first-order valence-electron chi connectivity index (χ1n) is 8.79. The van der Waals surface area contributed by atoms with Crippen LogP contribution in [0.1, 0.15) is 27.3 Å². The van der Waals surface area contributed by atoms with E-state index in [1.54, 1.807) is 48.9 Å². The predicted octanol–water partition coefficient (Wildman–Crippen LogP) is 3.58. The van der Waals surface area contributed by atoms with Gasteiger partial charge in [0.25, 0.3) is 5.91 Å². The molecule has 29 heavy (non-hydrogen) atoms. The van der Waals surface area contributed by atoms with Gasteiger partial charge in [0.05, 0.1) is 6.61 Å². The van der Waals surface area contributed by atoms with Gasteiger partial charge in [0.2, 0.25) is 0 Å². The maximum absolute atomic E-state index is 12.3. The Hall–Kier alpha value is -3.20. The SMILES string of the molecule is Cc1nccn1-c1cc(CNC(=O)c2ccc(COCC(F)(F)F)cc2)ccn1. The molecule has 152 valence electrons. The van der Waals surface area contributed by atoms with Crippen LogP contribution in [0.4, 0.5) is 13.2 Å². The maximum atomic E-state index is 12.3. The van der Waals surface area contributed by atoms with Gasteiger partial charge in [-0.3, -0.25) is 9.36 Å². The molecule has 0 atom stereocenters. The highest BCUT2D eigenvalue weighted by atomic mass is 19.4. The third-order valence-corrected chi connectivity index (χ3v) is 4.09. The number of halogens is 3. The molecular formula is C20H19F3N4O2. The van der Waals surface area contributed by atoms with Crippen molar-refractivity contribution in [2.24, 2.45) is 0 Å². The average molecular weight is 404 g/mol. The van der Waals surface area contributed by atoms with Gasteiger partial charge in [0.15, 0.2) is 0 Å². The molecule has 0 bridgehead atoms. The zero-order valence-electron chi connectivity index (χ0n) is 15.6. The summed E-state index contributed by atoms with van der Waals surface area (Å²) in [6, 6.07) is 9.89. The van der Waals surface area contributed by atoms with Crippen LogP contribution in [0.15, 0.2) is 55.0 Å². The van der Waals surface area contributed by atoms with E-state index >= 15 is 0 Å². The van der Waals surface area contributed by atoms with Crippen LogP contribution in [0.3, 0.4) is 0 Å². The standard InChI is InChI=1S/C20H19F3N4O2/c1-14-24-8-9-27(14)18-10-16(6-7-25-18)11-26-19(28)17-4-2-15(3-5-17)12-29-13-20(21,22)23/h2-10H,11-13H2,1H3,(H,26,28). The Bertz CT molecular complexity index is 968. The van der Waals surface area contributed by atoms with E-state index in [4.69, 9.17) is 0 Å². The first kappa shape index (κ1) is 20.5. The molecule has 0 saturated carbocycles. The second-order valence-electron chi connectivity index (χ2n) is 6.35. The number of aryl methyl sites for hydroxylation is 1. The van der Waals surface area contributed by atoms with Crippen molar-refractivity contribution in [3.8, 4) is 5.82 Å². The van der Waals surface area contributed by atoms with E-state index in [1.165, 1.54) is 0 Å². The molecule has 0 saturated heterocycles. The molecule has 0 spiro atoms. The number of ether oxygens (including phenoxy) is 1. The zero-order chi connectivity index (χ0) is 20.9. The number of alkyl halides is 3. The molecule has 6 nitrogen and oxygen atoms in total. The van der Waals surface area contributed by atoms with Gasteiger partial charge in [0, 0.05) is 30.7 Å². The van der Waals surface area contributed by atoms with Crippen molar-refractivity contribution in [2.75, 3.05) is 6.61 Å². The number of hydrogen-bond donors (Lipinski definition) is 1. The number of rotatable bonds is 7. The number of carbonyl (C=O) groups is 1. The minimum absolute atomic E-state index is 0.172. The molecule has 3 aromatic rings. The molecule has 0 aliphatic rings. The zero-order valence-corrected chi connectivity index (χ0v) is 15.6. The Morgan fingerprint density at radius 2 is 1.86 bits per heavy atom. The van der Waals surface area contributed by atoms with Crippen LogP contribution in [0.2, 0.25) is 0 Å². The molecular weight excluding hydrogens is 385 g/mol. The molecule has 3 rings (SSSR count). The molecule has 1 aromatic carbocycles. The van der Waals surface area contributed by atoms with Gasteiger partial charge in [0.1, 0.15) is 18.2 Å². The van der Waals surface area contributed by atoms with E-state index in [0.29, 0.717) is 23.5 Å². The molecule has 0 unspecified atom stereocenters. The number of pyridine rings is 1. The quantitative estimate of drug-likeness (QED) is 0.654. The van der Waals surface area contributed by atoms with Crippen LogP contribution in [-0.4, -0.2) is 33.2 Å². The van der Waals surface area contributed by atoms with Gasteiger partial charge in [-0.1, -0.05) is 12.1 Å². The van der Waals surface area contributed by atoms with Crippen LogP contribution >= 0.6 is 0 Å². The van der Waals surface area contributed by atoms with Gasteiger partial charge < -0.3 is 10.1 Å². The molecule has 1 N–H and O–H groups in total. The average Bonchev–Trinajstić information content (AvgIpc) is 3.12. The van der Waals surface area contributed by atoms with Crippen LogP contribution in [0.5, 0.6) is 0 Å². The predicted molar refractivity (Wildman–Crippen MR) is 99.4 cm³/mol. The van der Waals surface area contributed by atoms with Gasteiger partial charge >= 0.3 is 6.18 Å². The summed E-state index contributed by atoms with van der Waals surface area (Å²) in [7, 11) is 0. The van der Waals surface area contributed by atoms with E-state index < -0.39 is 12.8 Å². The largest absolute Gasteiger partial charge is 0.411 e. The highest BCUT2D eigenvalue weighted by molar-refractivity contribution is 5.94. The normalized spacial score (nSPS) is 11.4. The van der Waals surface area contributed by atoms with E-state index in [1.807, 2.05) is 17.6 Å². The summed E-state index contributed by atoms with van der Waals surface area (Å²) in [5, 5.41) is 2.81. The fourth-order valence-electron chi connectivity index (χ4n) is 2.64. The number of amides is 1. The Morgan fingerprint density at radius 1 is 1.10 bits per heavy atom. The highest BCUT2D eigenvalue weighted by Gasteiger charge is 2.27. The van der Waals surface area contributed by atoms with Crippen molar-refractivity contribution in [3.05, 3.63) is 77.5 Å². The third kappa shape index (κ3) is 5.89. The lowest BCUT2D eigenvalue weighted by Gasteiger charge is -2.09. The fourth-order valence-corrected chi connectivity index (χ4v) is 2.64. The van der Waals surface area contributed by atoms with Crippen molar-refractivity contribution in [3.63, 3.8) is 0 Å². The Labute approximate surface area is 165 Å². The first-order chi connectivity index (χ1) is 13.8. The second-order valence-corrected chi connectivity index (χ2v) is 6.35. The van der Waals surface area contributed by atoms with Crippen LogP contribution in [0.25, 0.3) is 5.82 Å². The Kier molecular flexibility index (Phi) is 6.28. The van der Waals surface area contributed by atoms with E-state index in [2.05, 4.69) is 20.0 Å². The van der Waals surface area contributed by atoms with E-state index in [-0.39, 0.29) is 12.5 Å². The summed E-state index contributed by atoms with van der Waals surface area (Å²) in [4.78, 5) is 20.8. The number of hydrogen-bond acceptors (Lipinski definition) is 4. The minimum Gasteiger partial charge on any atom is -0.367 e. The molecule has 2 aromatic heterocycles. The monoisotopic (exact) mass is 404 g/mol. The number of nitrogens with zero attached hydrogens (tertiary/aromatic N) is 3. The van der Waals surface area contributed by atoms with Gasteiger partial charge in [-0.25, -0.2) is 9.97 Å². The number of nitrogens with one attached hydrogen (secondary N) is 1. The van der Waals surface area contributed by atoms with Crippen molar-refractivity contribution >= 4 is 5.91 Å². The number of carbonyl (C=O) groups excluding carboxylic acids is 1. The Balaban J connectivity index is 1.55. The summed E-state index contributed by atoms with van der Waals surface area (Å²) >= 11 is 0. The molecule has 0 aliphatic heterocycles. The van der Waals surface area contributed by atoms with Crippen molar-refractivity contribution < 1.29 is 22.7 Å².